The fourth-order valence-electron chi connectivity index (χ4n) is 10.1. The van der Waals surface area contributed by atoms with Crippen LogP contribution in [0, 0.1) is 18.2 Å². The topological polar surface area (TPSA) is 48.5 Å². The van der Waals surface area contributed by atoms with Crippen molar-refractivity contribution in [2.24, 2.45) is 0 Å². The maximum atomic E-state index is 5.20. The summed E-state index contributed by atoms with van der Waals surface area (Å²) in [5, 5.41) is 9.57. The van der Waals surface area contributed by atoms with Crippen molar-refractivity contribution in [2.45, 2.75) is 0 Å². The molecule has 10 aromatic carbocycles. The van der Waals surface area contributed by atoms with Gasteiger partial charge < -0.3 is 0 Å². The van der Waals surface area contributed by atoms with Gasteiger partial charge in [-0.05, 0) is 102 Å². The van der Waals surface area contributed by atoms with Crippen LogP contribution in [-0.2, 0) is 20.1 Å². The SMILES string of the molecule is [Ir+3].[c-]1c(-c2ccccc2)cc(-c2ccc(-c3ccccc3)cc2)cc1-c1ccc(-c2ccccc2-c2cc(-c3ccccc3-c3cnn(-c4[c-]cccc4)c3)cc(-c3ccccc3-c3cnn(-c4[c-]cccc4)c3)c2)cn1. The summed E-state index contributed by atoms with van der Waals surface area (Å²) in [4.78, 5) is 5.20. The molecule has 77 heavy (non-hydrogen) atoms. The van der Waals surface area contributed by atoms with Gasteiger partial charge in [-0.15, -0.1) is 35.9 Å². The Labute approximate surface area is 462 Å². The first-order valence-corrected chi connectivity index (χ1v) is 25.4. The molecule has 0 bridgehead atoms. The second-order valence-corrected chi connectivity index (χ2v) is 18.7. The molecule has 0 aliphatic rings. The minimum atomic E-state index is 0. The molecule has 0 saturated carbocycles. The number of pyridine rings is 1. The predicted molar refractivity (Wildman–Crippen MR) is 309 cm³/mol. The van der Waals surface area contributed by atoms with Crippen LogP contribution < -0.4 is 0 Å². The molecule has 13 aromatic rings. The summed E-state index contributed by atoms with van der Waals surface area (Å²) >= 11 is 0. The van der Waals surface area contributed by atoms with E-state index in [4.69, 9.17) is 15.2 Å². The number of hydrogen-bond donors (Lipinski definition) is 0. The summed E-state index contributed by atoms with van der Waals surface area (Å²) in [6.45, 7) is 0. The second-order valence-electron chi connectivity index (χ2n) is 18.7. The quantitative estimate of drug-likeness (QED) is 0.115. The van der Waals surface area contributed by atoms with Crippen molar-refractivity contribution in [3.63, 3.8) is 0 Å². The number of aromatic nitrogens is 5. The molecule has 3 heterocycles. The number of rotatable bonds is 12. The van der Waals surface area contributed by atoms with Crippen LogP contribution in [0.3, 0.4) is 0 Å². The van der Waals surface area contributed by atoms with Crippen molar-refractivity contribution in [3.05, 3.63) is 298 Å². The van der Waals surface area contributed by atoms with Gasteiger partial charge in [0, 0.05) is 35.4 Å². The third kappa shape index (κ3) is 10.1. The van der Waals surface area contributed by atoms with Crippen molar-refractivity contribution < 1.29 is 20.1 Å². The minimum absolute atomic E-state index is 0. The van der Waals surface area contributed by atoms with E-state index < -0.39 is 0 Å². The van der Waals surface area contributed by atoms with Crippen LogP contribution >= 0.6 is 0 Å². The van der Waals surface area contributed by atoms with Gasteiger partial charge in [0.15, 0.2) is 0 Å². The summed E-state index contributed by atoms with van der Waals surface area (Å²) < 4.78 is 3.77. The maximum Gasteiger partial charge on any atom is 3.00 e. The molecule has 0 aliphatic carbocycles. The van der Waals surface area contributed by atoms with Crippen LogP contribution in [0.1, 0.15) is 0 Å². The molecule has 0 saturated heterocycles. The summed E-state index contributed by atoms with van der Waals surface area (Å²) in [5.74, 6) is 0. The van der Waals surface area contributed by atoms with Crippen LogP contribution in [-0.4, -0.2) is 24.5 Å². The second kappa shape index (κ2) is 21.7. The van der Waals surface area contributed by atoms with E-state index in [-0.39, 0.29) is 20.1 Å². The van der Waals surface area contributed by atoms with Crippen molar-refractivity contribution in [1.29, 1.82) is 0 Å². The smallest absolute Gasteiger partial charge is 0.294 e. The Balaban J connectivity index is 0.00000596. The molecule has 0 unspecified atom stereocenters. The Morgan fingerprint density at radius 1 is 0.286 bits per heavy atom. The first-order valence-electron chi connectivity index (χ1n) is 25.4. The predicted octanol–water partition coefficient (Wildman–Crippen LogP) is 17.5. The van der Waals surface area contributed by atoms with E-state index >= 15 is 0 Å². The van der Waals surface area contributed by atoms with Crippen molar-refractivity contribution >= 4 is 0 Å². The molecule has 13 rings (SSSR count). The third-order valence-corrected chi connectivity index (χ3v) is 13.9. The van der Waals surface area contributed by atoms with Gasteiger partial charge in [0.1, 0.15) is 0 Å². The monoisotopic (exact) mass is 1160 g/mol. The van der Waals surface area contributed by atoms with Gasteiger partial charge in [-0.3, -0.25) is 14.3 Å². The minimum Gasteiger partial charge on any atom is -0.294 e. The van der Waals surface area contributed by atoms with Crippen LogP contribution in [0.5, 0.6) is 0 Å². The van der Waals surface area contributed by atoms with E-state index in [0.29, 0.717) is 0 Å². The maximum absolute atomic E-state index is 5.20. The van der Waals surface area contributed by atoms with Gasteiger partial charge in [-0.2, -0.15) is 58.7 Å². The Hall–Kier alpha value is -9.58. The molecule has 3 aromatic heterocycles. The molecular weight excluding hydrogens is 1120 g/mol. The summed E-state index contributed by atoms with van der Waals surface area (Å²) in [5.41, 5.74) is 23.1. The van der Waals surface area contributed by atoms with Gasteiger partial charge in [0.25, 0.3) is 0 Å². The molecule has 0 atom stereocenters. The van der Waals surface area contributed by atoms with E-state index in [2.05, 4.69) is 225 Å². The number of para-hydroxylation sites is 2. The molecule has 0 radical (unpaired) electrons. The Morgan fingerprint density at radius 2 is 0.675 bits per heavy atom. The average Bonchev–Trinajstić information content (AvgIpc) is 4.23. The standard InChI is InChI=1S/C71H46N5.Ir/c1-5-19-50(20-6-1)52-33-35-53(36-34-52)56-39-55(51-21-7-2-8-22-51)40-60(41-56)71-38-37-54(45-72-71)65-27-13-14-28-66(65)57-42-58(67-29-15-17-31-69(67)61-46-73-75(48-61)63-23-9-3-10-24-63)44-59(43-57)68-30-16-18-32-70(68)62-47-74-76(49-62)64-25-11-4-12-26-64;/h1-23,25,27-39,41-49H;/q-3;+3. The van der Waals surface area contributed by atoms with Gasteiger partial charge in [0.2, 0.25) is 0 Å². The zero-order valence-corrected chi connectivity index (χ0v) is 44.0. The van der Waals surface area contributed by atoms with E-state index in [0.717, 1.165) is 112 Å². The first-order chi connectivity index (χ1) is 37.6. The van der Waals surface area contributed by atoms with Crippen LogP contribution in [0.2, 0.25) is 0 Å². The Kier molecular flexibility index (Phi) is 13.6. The zero-order chi connectivity index (χ0) is 50.6. The van der Waals surface area contributed by atoms with Gasteiger partial charge in [-0.1, -0.05) is 187 Å². The summed E-state index contributed by atoms with van der Waals surface area (Å²) in [6, 6.07) is 97.5. The number of benzene rings is 10. The zero-order valence-electron chi connectivity index (χ0n) is 41.6. The van der Waals surface area contributed by atoms with Crippen molar-refractivity contribution in [2.75, 3.05) is 0 Å². The number of nitrogens with zero attached hydrogens (tertiary/aromatic N) is 5. The largest absolute Gasteiger partial charge is 3.00 e. The molecule has 0 amide bonds. The summed E-state index contributed by atoms with van der Waals surface area (Å²) in [7, 11) is 0. The Morgan fingerprint density at radius 3 is 1.13 bits per heavy atom. The third-order valence-electron chi connectivity index (χ3n) is 13.9. The van der Waals surface area contributed by atoms with E-state index in [9.17, 15) is 0 Å². The fraction of sp³-hybridized carbons (Fsp3) is 0. The summed E-state index contributed by atoms with van der Waals surface area (Å²) in [6.07, 6.45) is 10.0. The van der Waals surface area contributed by atoms with E-state index in [1.165, 1.54) is 11.1 Å². The molecule has 0 spiro atoms. The molecular formula is C71H46IrN5. The van der Waals surface area contributed by atoms with Crippen LogP contribution in [0.4, 0.5) is 0 Å². The van der Waals surface area contributed by atoms with Crippen LogP contribution in [0.25, 0.3) is 123 Å². The number of hydrogen-bond acceptors (Lipinski definition) is 3. The average molecular weight is 1160 g/mol. The van der Waals surface area contributed by atoms with E-state index in [1.807, 2.05) is 82.6 Å². The molecule has 0 N–H and O–H groups in total. The van der Waals surface area contributed by atoms with Crippen molar-refractivity contribution in [3.8, 4) is 123 Å². The van der Waals surface area contributed by atoms with Gasteiger partial charge in [0.05, 0.1) is 12.4 Å². The fourth-order valence-corrected chi connectivity index (χ4v) is 10.1. The van der Waals surface area contributed by atoms with Crippen LogP contribution in [0.15, 0.2) is 280 Å². The molecule has 0 fully saturated rings. The van der Waals surface area contributed by atoms with Gasteiger partial charge >= 0.3 is 20.1 Å². The Bertz CT molecular complexity index is 3990. The normalized spacial score (nSPS) is 11.0. The van der Waals surface area contributed by atoms with Gasteiger partial charge in [-0.25, -0.2) is 0 Å². The van der Waals surface area contributed by atoms with E-state index in [1.54, 1.807) is 0 Å². The molecule has 0 aliphatic heterocycles. The molecule has 6 heteroatoms. The van der Waals surface area contributed by atoms with Crippen molar-refractivity contribution in [1.82, 2.24) is 24.5 Å². The molecule has 364 valence electrons. The molecule has 5 nitrogen and oxygen atoms in total. The first kappa shape index (κ1) is 48.4.